The molecule has 0 fully saturated rings. The van der Waals surface area contributed by atoms with Gasteiger partial charge in [0.2, 0.25) is 0 Å². The molecule has 5 N–H and O–H groups in total. The van der Waals surface area contributed by atoms with E-state index in [1.807, 2.05) is 49.4 Å². The van der Waals surface area contributed by atoms with Crippen molar-refractivity contribution in [2.45, 2.75) is 13.3 Å². The van der Waals surface area contributed by atoms with E-state index in [0.29, 0.717) is 34.5 Å². The van der Waals surface area contributed by atoms with Crippen LogP contribution in [0.5, 0.6) is 0 Å². The summed E-state index contributed by atoms with van der Waals surface area (Å²) in [4.78, 5) is 23.4. The molecule has 2 aromatic heterocycles. The predicted octanol–water partition coefficient (Wildman–Crippen LogP) is 4.08. The molecule has 0 bridgehead atoms. The molecule has 4 rings (SSSR count). The molecule has 0 aliphatic carbocycles. The number of aryl methyl sites for hydroxylation is 1. The van der Waals surface area contributed by atoms with Gasteiger partial charge in [0.25, 0.3) is 5.56 Å². The molecule has 0 atom stereocenters. The van der Waals surface area contributed by atoms with E-state index >= 15 is 0 Å². The molecule has 0 spiro atoms. The highest BCUT2D eigenvalue weighted by molar-refractivity contribution is 6.30. The quantitative estimate of drug-likeness (QED) is 0.232. The first-order chi connectivity index (χ1) is 15.0. The van der Waals surface area contributed by atoms with Crippen LogP contribution < -0.4 is 16.2 Å². The lowest BCUT2D eigenvalue weighted by atomic mass is 10.1. The van der Waals surface area contributed by atoms with Crippen molar-refractivity contribution in [1.82, 2.24) is 20.3 Å². The first kappa shape index (κ1) is 20.7. The van der Waals surface area contributed by atoms with Crippen LogP contribution in [0.3, 0.4) is 0 Å². The fourth-order valence-corrected chi connectivity index (χ4v) is 3.81. The van der Waals surface area contributed by atoms with Crippen LogP contribution in [-0.2, 0) is 6.42 Å². The van der Waals surface area contributed by atoms with Crippen molar-refractivity contribution in [3.05, 3.63) is 80.7 Å². The number of anilines is 1. The first-order valence-electron chi connectivity index (χ1n) is 9.93. The Kier molecular flexibility index (Phi) is 5.77. The molecule has 4 aromatic rings. The maximum atomic E-state index is 12.7. The molecule has 8 heteroatoms. The Morgan fingerprint density at radius 2 is 2.06 bits per heavy atom. The van der Waals surface area contributed by atoms with E-state index in [-0.39, 0.29) is 5.56 Å². The van der Waals surface area contributed by atoms with Gasteiger partial charge in [-0.05, 0) is 54.8 Å². The summed E-state index contributed by atoms with van der Waals surface area (Å²) in [5, 5.41) is 14.9. The van der Waals surface area contributed by atoms with Crippen LogP contribution in [0.2, 0.25) is 5.02 Å². The first-order valence-corrected chi connectivity index (χ1v) is 10.3. The minimum Gasteiger partial charge on any atom is -0.384 e. The summed E-state index contributed by atoms with van der Waals surface area (Å²) >= 11 is 6.06. The highest BCUT2D eigenvalue weighted by Crippen LogP contribution is 2.26. The number of hydrogen-bond donors (Lipinski definition) is 5. The number of imidazole rings is 1. The lowest BCUT2D eigenvalue weighted by Crippen LogP contribution is -2.17. The molecule has 2 heterocycles. The maximum Gasteiger partial charge on any atom is 0.261 e. The van der Waals surface area contributed by atoms with Crippen molar-refractivity contribution >= 4 is 34.2 Å². The third kappa shape index (κ3) is 4.32. The number of hydrogen-bond acceptors (Lipinski definition) is 4. The number of amidine groups is 1. The summed E-state index contributed by atoms with van der Waals surface area (Å²) in [5.74, 6) is 0.806. The van der Waals surface area contributed by atoms with Crippen LogP contribution in [0.15, 0.2) is 53.5 Å². The molecule has 31 heavy (non-hydrogen) atoms. The van der Waals surface area contributed by atoms with Crippen molar-refractivity contribution in [2.24, 2.45) is 0 Å². The molecule has 0 radical (unpaired) electrons. The zero-order valence-corrected chi connectivity index (χ0v) is 18.0. The molecule has 0 saturated heterocycles. The van der Waals surface area contributed by atoms with Gasteiger partial charge in [0, 0.05) is 30.4 Å². The minimum atomic E-state index is -0.229. The number of benzene rings is 2. The summed E-state index contributed by atoms with van der Waals surface area (Å²) in [6, 6.07) is 13.3. The molecule has 0 unspecified atom stereocenters. The third-order valence-electron chi connectivity index (χ3n) is 5.13. The summed E-state index contributed by atoms with van der Waals surface area (Å²) in [7, 11) is 1.71. The fraction of sp³-hybridized carbons (Fsp3) is 0.174. The van der Waals surface area contributed by atoms with E-state index in [4.69, 9.17) is 17.0 Å². The topological polar surface area (TPSA) is 109 Å². The van der Waals surface area contributed by atoms with Crippen LogP contribution in [0.4, 0.5) is 5.69 Å². The molecular formula is C23H23ClN6O. The molecular weight excluding hydrogens is 412 g/mol. The van der Waals surface area contributed by atoms with Gasteiger partial charge in [-0.25, -0.2) is 4.98 Å². The van der Waals surface area contributed by atoms with Gasteiger partial charge in [-0.2, -0.15) is 0 Å². The van der Waals surface area contributed by atoms with Gasteiger partial charge in [0.05, 0.1) is 16.7 Å². The summed E-state index contributed by atoms with van der Waals surface area (Å²) in [6.45, 7) is 2.58. The highest BCUT2D eigenvalue weighted by atomic mass is 35.5. The summed E-state index contributed by atoms with van der Waals surface area (Å²) in [5.41, 5.74) is 5.27. The van der Waals surface area contributed by atoms with Gasteiger partial charge < -0.3 is 20.6 Å². The van der Waals surface area contributed by atoms with Crippen molar-refractivity contribution in [1.29, 1.82) is 5.41 Å². The van der Waals surface area contributed by atoms with E-state index in [1.54, 1.807) is 13.2 Å². The molecule has 0 aliphatic rings. The van der Waals surface area contributed by atoms with Gasteiger partial charge >= 0.3 is 0 Å². The lowest BCUT2D eigenvalue weighted by Gasteiger charge is -2.10. The van der Waals surface area contributed by atoms with Crippen molar-refractivity contribution < 1.29 is 0 Å². The predicted molar refractivity (Wildman–Crippen MR) is 126 cm³/mol. The number of rotatable bonds is 6. The number of fused-ring (bicyclic) bond motifs is 1. The molecule has 158 valence electrons. The van der Waals surface area contributed by atoms with E-state index in [1.165, 1.54) is 0 Å². The average Bonchev–Trinajstić information content (AvgIpc) is 3.17. The number of pyridine rings is 1. The van der Waals surface area contributed by atoms with E-state index in [0.717, 1.165) is 34.1 Å². The minimum absolute atomic E-state index is 0.229. The van der Waals surface area contributed by atoms with Crippen molar-refractivity contribution in [3.8, 4) is 11.4 Å². The second kappa shape index (κ2) is 8.65. The van der Waals surface area contributed by atoms with E-state index in [2.05, 4.69) is 25.6 Å². The maximum absolute atomic E-state index is 12.7. The van der Waals surface area contributed by atoms with Crippen molar-refractivity contribution in [3.63, 3.8) is 0 Å². The Hall–Kier alpha value is -3.58. The zero-order chi connectivity index (χ0) is 22.0. The zero-order valence-electron chi connectivity index (χ0n) is 17.3. The molecule has 2 aromatic carbocycles. The summed E-state index contributed by atoms with van der Waals surface area (Å²) in [6.07, 6.45) is 2.38. The monoisotopic (exact) mass is 434 g/mol. The van der Waals surface area contributed by atoms with Crippen LogP contribution in [0, 0.1) is 12.3 Å². The fourth-order valence-electron chi connectivity index (χ4n) is 3.59. The second-order valence-electron chi connectivity index (χ2n) is 7.30. The van der Waals surface area contributed by atoms with Crippen molar-refractivity contribution in [2.75, 3.05) is 18.9 Å². The van der Waals surface area contributed by atoms with E-state index in [9.17, 15) is 4.79 Å². The Labute approximate surface area is 184 Å². The van der Waals surface area contributed by atoms with Crippen LogP contribution in [0.1, 0.15) is 16.7 Å². The third-order valence-corrected chi connectivity index (χ3v) is 5.37. The number of nitrogens with zero attached hydrogens (tertiary/aromatic N) is 1. The second-order valence-corrected chi connectivity index (χ2v) is 7.74. The Morgan fingerprint density at radius 3 is 2.84 bits per heavy atom. The standard InChI is InChI=1S/C23H23ClN6O/c1-13-10-15(21(25)26-2)12-18-20(13)30-22(29-18)19-17(7-9-28-23(19)31)27-8-6-14-4-3-5-16(24)11-14/h3-5,7,9-12H,6,8H2,1-2H3,(H2,25,26)(H,29,30)(H2,27,28,31). The van der Waals surface area contributed by atoms with Gasteiger partial charge in [-0.15, -0.1) is 0 Å². The number of aromatic amines is 2. The highest BCUT2D eigenvalue weighted by Gasteiger charge is 2.16. The van der Waals surface area contributed by atoms with Gasteiger partial charge in [0.15, 0.2) is 0 Å². The Morgan fingerprint density at radius 1 is 1.23 bits per heavy atom. The SMILES string of the molecule is CNC(=N)c1cc(C)c2nc(-c3c(NCCc4cccc(Cl)c4)cc[nH]c3=O)[nH]c2c1. The van der Waals surface area contributed by atoms with Gasteiger partial charge in [-0.1, -0.05) is 23.7 Å². The summed E-state index contributed by atoms with van der Waals surface area (Å²) < 4.78 is 0. The average molecular weight is 435 g/mol. The number of nitrogens with one attached hydrogen (secondary N) is 5. The van der Waals surface area contributed by atoms with Gasteiger partial charge in [0.1, 0.15) is 17.2 Å². The number of aromatic nitrogens is 3. The Balaban J connectivity index is 1.66. The molecule has 0 aliphatic heterocycles. The lowest BCUT2D eigenvalue weighted by molar-refractivity contribution is 1.02. The number of halogens is 1. The molecule has 7 nitrogen and oxygen atoms in total. The van der Waals surface area contributed by atoms with Gasteiger partial charge in [-0.3, -0.25) is 10.2 Å². The number of H-pyrrole nitrogens is 2. The smallest absolute Gasteiger partial charge is 0.261 e. The molecule has 0 amide bonds. The normalized spacial score (nSPS) is 10.9. The van der Waals surface area contributed by atoms with Crippen LogP contribution in [-0.4, -0.2) is 34.4 Å². The van der Waals surface area contributed by atoms with E-state index < -0.39 is 0 Å². The molecule has 0 saturated carbocycles. The largest absolute Gasteiger partial charge is 0.384 e. The van der Waals surface area contributed by atoms with Crippen LogP contribution in [0.25, 0.3) is 22.4 Å². The van der Waals surface area contributed by atoms with Crippen LogP contribution >= 0.6 is 11.6 Å². The Bertz CT molecular complexity index is 1320.